The van der Waals surface area contributed by atoms with Crippen LogP contribution in [0, 0.1) is 5.92 Å². The van der Waals surface area contributed by atoms with Gasteiger partial charge in [-0.05, 0) is 31.9 Å². The minimum atomic E-state index is -0.710. The second-order valence-corrected chi connectivity index (χ2v) is 6.19. The number of carbonyl (C=O) groups is 1. The molecule has 0 aliphatic rings. The topological polar surface area (TPSA) is 37.3 Å². The van der Waals surface area contributed by atoms with Crippen molar-refractivity contribution in [3.8, 4) is 0 Å². The molecule has 0 spiro atoms. The average Bonchev–Trinajstić information content (AvgIpc) is 2.18. The van der Waals surface area contributed by atoms with Gasteiger partial charge >= 0.3 is 5.97 Å². The van der Waals surface area contributed by atoms with Crippen molar-refractivity contribution in [3.63, 3.8) is 0 Å². The van der Waals surface area contributed by atoms with Crippen molar-refractivity contribution < 1.29 is 9.90 Å². The van der Waals surface area contributed by atoms with Crippen molar-refractivity contribution in [2.45, 2.75) is 58.1 Å². The molecule has 0 bridgehead atoms. The van der Waals surface area contributed by atoms with Crippen molar-refractivity contribution in [2.24, 2.45) is 5.92 Å². The molecule has 0 aromatic heterocycles. The van der Waals surface area contributed by atoms with Gasteiger partial charge in [0.15, 0.2) is 0 Å². The third-order valence-corrected chi connectivity index (χ3v) is 4.27. The summed E-state index contributed by atoms with van der Waals surface area (Å²) in [5.41, 5.74) is 0. The van der Waals surface area contributed by atoms with Crippen molar-refractivity contribution >= 4 is 17.7 Å². The van der Waals surface area contributed by atoms with E-state index in [1.807, 2.05) is 0 Å². The first-order valence-corrected chi connectivity index (χ1v) is 6.80. The van der Waals surface area contributed by atoms with Gasteiger partial charge < -0.3 is 5.11 Å². The summed E-state index contributed by atoms with van der Waals surface area (Å²) >= 11 is 1.57. The SMILES string of the molecule is CCCCC(CC)CSC(C)(C)C(=O)O. The van der Waals surface area contributed by atoms with Crippen molar-refractivity contribution in [1.29, 1.82) is 0 Å². The first-order chi connectivity index (χ1) is 6.94. The summed E-state index contributed by atoms with van der Waals surface area (Å²) in [6.45, 7) is 7.95. The predicted molar refractivity (Wildman–Crippen MR) is 67.5 cm³/mol. The minimum absolute atomic E-state index is 0.639. The lowest BCUT2D eigenvalue weighted by Crippen LogP contribution is -2.28. The highest BCUT2D eigenvalue weighted by Gasteiger charge is 2.28. The molecular weight excluding hydrogens is 208 g/mol. The lowest BCUT2D eigenvalue weighted by molar-refractivity contribution is -0.138. The fourth-order valence-corrected chi connectivity index (χ4v) is 2.46. The van der Waals surface area contributed by atoms with Crippen LogP contribution in [0.5, 0.6) is 0 Å². The number of unbranched alkanes of at least 4 members (excludes halogenated alkanes) is 1. The molecular formula is C12H24O2S. The maximum Gasteiger partial charge on any atom is 0.319 e. The van der Waals surface area contributed by atoms with Crippen LogP contribution in [0.25, 0.3) is 0 Å². The van der Waals surface area contributed by atoms with E-state index in [4.69, 9.17) is 5.11 Å². The number of hydrogen-bond acceptors (Lipinski definition) is 2. The summed E-state index contributed by atoms with van der Waals surface area (Å²) in [5, 5.41) is 8.98. The van der Waals surface area contributed by atoms with Crippen LogP contribution in [0.3, 0.4) is 0 Å². The van der Waals surface area contributed by atoms with E-state index in [0.29, 0.717) is 5.92 Å². The number of hydrogen-bond donors (Lipinski definition) is 1. The first kappa shape index (κ1) is 14.8. The fraction of sp³-hybridized carbons (Fsp3) is 0.917. The molecule has 0 saturated heterocycles. The number of thioether (sulfide) groups is 1. The van der Waals surface area contributed by atoms with E-state index < -0.39 is 10.7 Å². The molecule has 0 saturated carbocycles. The van der Waals surface area contributed by atoms with Crippen LogP contribution in [0.2, 0.25) is 0 Å². The lowest BCUT2D eigenvalue weighted by atomic mass is 10.0. The Kier molecular flexibility index (Phi) is 7.07. The van der Waals surface area contributed by atoms with Crippen molar-refractivity contribution in [3.05, 3.63) is 0 Å². The monoisotopic (exact) mass is 232 g/mol. The van der Waals surface area contributed by atoms with E-state index in [-0.39, 0.29) is 0 Å². The van der Waals surface area contributed by atoms with Crippen LogP contribution in [-0.4, -0.2) is 21.6 Å². The van der Waals surface area contributed by atoms with Crippen LogP contribution < -0.4 is 0 Å². The first-order valence-electron chi connectivity index (χ1n) is 5.81. The largest absolute Gasteiger partial charge is 0.480 e. The Morgan fingerprint density at radius 1 is 1.40 bits per heavy atom. The molecule has 0 rings (SSSR count). The van der Waals surface area contributed by atoms with E-state index in [2.05, 4.69) is 13.8 Å². The molecule has 0 aromatic carbocycles. The van der Waals surface area contributed by atoms with Crippen molar-refractivity contribution in [2.75, 3.05) is 5.75 Å². The van der Waals surface area contributed by atoms with Crippen LogP contribution in [0.1, 0.15) is 53.4 Å². The molecule has 2 nitrogen and oxygen atoms in total. The predicted octanol–water partition coefficient (Wildman–Crippen LogP) is 3.80. The Balaban J connectivity index is 3.94. The third kappa shape index (κ3) is 6.08. The smallest absolute Gasteiger partial charge is 0.319 e. The molecule has 0 aliphatic carbocycles. The molecule has 0 aromatic rings. The van der Waals surface area contributed by atoms with Crippen LogP contribution in [0.4, 0.5) is 0 Å². The Bertz CT molecular complexity index is 190. The highest BCUT2D eigenvalue weighted by atomic mass is 32.2. The van der Waals surface area contributed by atoms with Gasteiger partial charge in [-0.3, -0.25) is 4.79 Å². The Morgan fingerprint density at radius 3 is 2.40 bits per heavy atom. The highest BCUT2D eigenvalue weighted by molar-refractivity contribution is 8.01. The second kappa shape index (κ2) is 7.15. The Morgan fingerprint density at radius 2 is 2.00 bits per heavy atom. The summed E-state index contributed by atoms with van der Waals surface area (Å²) in [6, 6.07) is 0. The highest BCUT2D eigenvalue weighted by Crippen LogP contribution is 2.29. The Labute approximate surface area is 97.8 Å². The molecule has 1 atom stereocenters. The van der Waals surface area contributed by atoms with Gasteiger partial charge in [0.2, 0.25) is 0 Å². The van der Waals surface area contributed by atoms with Crippen LogP contribution in [0.15, 0.2) is 0 Å². The summed E-state index contributed by atoms with van der Waals surface area (Å²) < 4.78 is -0.639. The fourth-order valence-electron chi connectivity index (χ4n) is 1.29. The van der Waals surface area contributed by atoms with Gasteiger partial charge in [-0.15, -0.1) is 11.8 Å². The molecule has 0 radical (unpaired) electrons. The van der Waals surface area contributed by atoms with E-state index in [9.17, 15) is 4.79 Å². The third-order valence-electron chi connectivity index (χ3n) is 2.74. The maximum absolute atomic E-state index is 10.9. The zero-order valence-corrected chi connectivity index (χ0v) is 11.2. The zero-order valence-electron chi connectivity index (χ0n) is 10.4. The molecule has 1 N–H and O–H groups in total. The molecule has 15 heavy (non-hydrogen) atoms. The summed E-state index contributed by atoms with van der Waals surface area (Å²) in [5.74, 6) is 0.932. The van der Waals surface area contributed by atoms with Gasteiger partial charge in [-0.2, -0.15) is 0 Å². The molecule has 1 unspecified atom stereocenters. The molecule has 90 valence electrons. The number of aliphatic carboxylic acids is 1. The summed E-state index contributed by atoms with van der Waals surface area (Å²) in [6.07, 6.45) is 4.87. The van der Waals surface area contributed by atoms with E-state index in [0.717, 1.165) is 12.2 Å². The van der Waals surface area contributed by atoms with Gasteiger partial charge in [0.25, 0.3) is 0 Å². The molecule has 0 amide bonds. The number of carboxylic acids is 1. The molecule has 0 fully saturated rings. The maximum atomic E-state index is 10.9. The van der Waals surface area contributed by atoms with E-state index in [1.165, 1.54) is 19.3 Å². The van der Waals surface area contributed by atoms with Gasteiger partial charge in [-0.1, -0.05) is 33.1 Å². The van der Waals surface area contributed by atoms with E-state index in [1.54, 1.807) is 25.6 Å². The van der Waals surface area contributed by atoms with Crippen LogP contribution >= 0.6 is 11.8 Å². The minimum Gasteiger partial charge on any atom is -0.480 e. The van der Waals surface area contributed by atoms with Gasteiger partial charge in [0.05, 0.1) is 0 Å². The van der Waals surface area contributed by atoms with E-state index >= 15 is 0 Å². The van der Waals surface area contributed by atoms with Crippen LogP contribution in [-0.2, 0) is 4.79 Å². The summed E-state index contributed by atoms with van der Waals surface area (Å²) in [7, 11) is 0. The van der Waals surface area contributed by atoms with Gasteiger partial charge in [-0.25, -0.2) is 0 Å². The normalized spacial score (nSPS) is 13.9. The lowest BCUT2D eigenvalue weighted by Gasteiger charge is -2.22. The van der Waals surface area contributed by atoms with Gasteiger partial charge in [0.1, 0.15) is 4.75 Å². The molecule has 0 aliphatic heterocycles. The van der Waals surface area contributed by atoms with Crippen molar-refractivity contribution in [1.82, 2.24) is 0 Å². The second-order valence-electron chi connectivity index (χ2n) is 4.54. The number of carboxylic acid groups (broad SMARTS) is 1. The Hall–Kier alpha value is -0.180. The number of rotatable bonds is 8. The standard InChI is InChI=1S/C12H24O2S/c1-5-7-8-10(6-2)9-15-12(3,4)11(13)14/h10H,5-9H2,1-4H3,(H,13,14). The van der Waals surface area contributed by atoms with Gasteiger partial charge in [0, 0.05) is 0 Å². The zero-order chi connectivity index (χ0) is 11.9. The quantitative estimate of drug-likeness (QED) is 0.691. The average molecular weight is 232 g/mol. The summed E-state index contributed by atoms with van der Waals surface area (Å²) in [4.78, 5) is 10.9. The molecule has 0 heterocycles. The molecule has 3 heteroatoms.